The molecule has 1 aromatic rings. The van der Waals surface area contributed by atoms with Crippen molar-refractivity contribution in [2.24, 2.45) is 0 Å². The van der Waals surface area contributed by atoms with Gasteiger partial charge in [-0.3, -0.25) is 9.78 Å². The Morgan fingerprint density at radius 2 is 2.25 bits per heavy atom. The lowest BCUT2D eigenvalue weighted by molar-refractivity contribution is -0.139. The largest absolute Gasteiger partial charge is 0.480 e. The van der Waals surface area contributed by atoms with E-state index in [1.807, 2.05) is 0 Å². The molecule has 6 heteroatoms. The highest BCUT2D eigenvalue weighted by molar-refractivity contribution is 5.96. The van der Waals surface area contributed by atoms with Gasteiger partial charge in [0.05, 0.1) is 11.8 Å². The van der Waals surface area contributed by atoms with Gasteiger partial charge >= 0.3 is 5.97 Å². The van der Waals surface area contributed by atoms with Crippen molar-refractivity contribution in [2.75, 3.05) is 0 Å². The fraction of sp³-hybridized carbons (Fsp3) is 0.300. The van der Waals surface area contributed by atoms with Gasteiger partial charge in [-0.15, -0.1) is 0 Å². The van der Waals surface area contributed by atoms with E-state index in [-0.39, 0.29) is 12.0 Å². The maximum atomic E-state index is 12.7. The molecule has 0 bridgehead atoms. The highest BCUT2D eigenvalue weighted by atomic mass is 19.1. The topological polar surface area (TPSA) is 79.3 Å². The second-order valence-corrected chi connectivity index (χ2v) is 3.16. The van der Waals surface area contributed by atoms with Crippen molar-refractivity contribution in [3.05, 3.63) is 29.8 Å². The third-order valence-electron chi connectivity index (χ3n) is 1.98. The standard InChI is InChI=1S/C10H11FN2O3/c1-2-8(10(15)16)13-9(14)6-3-7(11)5-12-4-6/h3-5,8H,2H2,1H3,(H,13,14)(H,15,16). The molecule has 1 amide bonds. The monoisotopic (exact) mass is 226 g/mol. The Hall–Kier alpha value is -1.98. The second kappa shape index (κ2) is 5.20. The number of carbonyl (C=O) groups is 2. The number of aromatic nitrogens is 1. The molecule has 0 radical (unpaired) electrons. The molecular formula is C10H11FN2O3. The summed E-state index contributed by atoms with van der Waals surface area (Å²) < 4.78 is 12.7. The predicted molar refractivity (Wildman–Crippen MR) is 53.4 cm³/mol. The van der Waals surface area contributed by atoms with Crippen molar-refractivity contribution in [3.8, 4) is 0 Å². The van der Waals surface area contributed by atoms with Crippen molar-refractivity contribution < 1.29 is 19.1 Å². The van der Waals surface area contributed by atoms with Gasteiger partial charge in [-0.2, -0.15) is 0 Å². The fourth-order valence-corrected chi connectivity index (χ4v) is 1.12. The summed E-state index contributed by atoms with van der Waals surface area (Å²) in [7, 11) is 0. The molecular weight excluding hydrogens is 215 g/mol. The van der Waals surface area contributed by atoms with Crippen molar-refractivity contribution in [3.63, 3.8) is 0 Å². The summed E-state index contributed by atoms with van der Waals surface area (Å²) in [6.07, 6.45) is 2.39. The molecule has 1 unspecified atom stereocenters. The lowest BCUT2D eigenvalue weighted by Crippen LogP contribution is -2.40. The minimum Gasteiger partial charge on any atom is -0.480 e. The number of carboxylic acids is 1. The maximum Gasteiger partial charge on any atom is 0.326 e. The highest BCUT2D eigenvalue weighted by Crippen LogP contribution is 2.02. The van der Waals surface area contributed by atoms with Crippen LogP contribution in [0.2, 0.25) is 0 Å². The van der Waals surface area contributed by atoms with E-state index in [0.717, 1.165) is 12.3 Å². The number of carbonyl (C=O) groups excluding carboxylic acids is 1. The van der Waals surface area contributed by atoms with E-state index in [9.17, 15) is 14.0 Å². The van der Waals surface area contributed by atoms with Crippen LogP contribution < -0.4 is 5.32 Å². The van der Waals surface area contributed by atoms with Crippen LogP contribution in [0.15, 0.2) is 18.5 Å². The number of carboxylic acid groups (broad SMARTS) is 1. The van der Waals surface area contributed by atoms with Gasteiger partial charge in [-0.1, -0.05) is 6.92 Å². The van der Waals surface area contributed by atoms with E-state index < -0.39 is 23.7 Å². The first-order valence-corrected chi connectivity index (χ1v) is 4.68. The van der Waals surface area contributed by atoms with Crippen LogP contribution in [0.25, 0.3) is 0 Å². The fourth-order valence-electron chi connectivity index (χ4n) is 1.12. The SMILES string of the molecule is CCC(NC(=O)c1cncc(F)c1)C(=O)O. The Morgan fingerprint density at radius 3 is 2.75 bits per heavy atom. The number of nitrogens with one attached hydrogen (secondary N) is 1. The van der Waals surface area contributed by atoms with Crippen molar-refractivity contribution >= 4 is 11.9 Å². The molecule has 1 aromatic heterocycles. The van der Waals surface area contributed by atoms with E-state index >= 15 is 0 Å². The number of pyridine rings is 1. The number of hydrogen-bond acceptors (Lipinski definition) is 3. The Kier molecular flexibility index (Phi) is 3.93. The number of nitrogens with zero attached hydrogens (tertiary/aromatic N) is 1. The summed E-state index contributed by atoms with van der Waals surface area (Å²) in [6, 6.07) is 0.0208. The summed E-state index contributed by atoms with van der Waals surface area (Å²) in [5.41, 5.74) is -0.000278. The average molecular weight is 226 g/mol. The Morgan fingerprint density at radius 1 is 1.56 bits per heavy atom. The molecule has 0 aliphatic rings. The summed E-state index contributed by atoms with van der Waals surface area (Å²) in [5, 5.41) is 11.0. The van der Waals surface area contributed by atoms with E-state index in [4.69, 9.17) is 5.11 Å². The molecule has 0 saturated carbocycles. The third kappa shape index (κ3) is 3.01. The third-order valence-corrected chi connectivity index (χ3v) is 1.98. The van der Waals surface area contributed by atoms with E-state index in [0.29, 0.717) is 0 Å². The molecule has 86 valence electrons. The summed E-state index contributed by atoms with van der Waals surface area (Å²) in [5.74, 6) is -2.42. The van der Waals surface area contributed by atoms with Crippen LogP contribution in [0.1, 0.15) is 23.7 Å². The molecule has 0 saturated heterocycles. The van der Waals surface area contributed by atoms with Crippen molar-refractivity contribution in [1.82, 2.24) is 10.3 Å². The first kappa shape index (κ1) is 12.1. The molecule has 0 aromatic carbocycles. The Bertz CT molecular complexity index is 409. The molecule has 1 heterocycles. The smallest absolute Gasteiger partial charge is 0.326 e. The number of halogens is 1. The van der Waals surface area contributed by atoms with Gasteiger partial charge in [0.15, 0.2) is 0 Å². The highest BCUT2D eigenvalue weighted by Gasteiger charge is 2.18. The van der Waals surface area contributed by atoms with Gasteiger partial charge in [0, 0.05) is 6.20 Å². The van der Waals surface area contributed by atoms with Crippen molar-refractivity contribution in [1.29, 1.82) is 0 Å². The van der Waals surface area contributed by atoms with Gasteiger partial charge in [0.1, 0.15) is 11.9 Å². The van der Waals surface area contributed by atoms with Gasteiger partial charge < -0.3 is 10.4 Å². The predicted octanol–water partition coefficient (Wildman–Crippen LogP) is 0.814. The minimum atomic E-state index is -1.12. The lowest BCUT2D eigenvalue weighted by Gasteiger charge is -2.11. The van der Waals surface area contributed by atoms with Crippen molar-refractivity contribution in [2.45, 2.75) is 19.4 Å². The zero-order valence-corrected chi connectivity index (χ0v) is 8.61. The number of amides is 1. The molecule has 2 N–H and O–H groups in total. The molecule has 0 aliphatic heterocycles. The van der Waals surface area contributed by atoms with Crippen LogP contribution >= 0.6 is 0 Å². The normalized spacial score (nSPS) is 11.9. The van der Waals surface area contributed by atoms with Crippen LogP contribution in [0.4, 0.5) is 4.39 Å². The Balaban J connectivity index is 2.75. The summed E-state index contributed by atoms with van der Waals surface area (Å²) >= 11 is 0. The Labute approximate surface area is 91.3 Å². The van der Waals surface area contributed by atoms with E-state index in [1.165, 1.54) is 6.20 Å². The second-order valence-electron chi connectivity index (χ2n) is 3.16. The average Bonchev–Trinajstić information content (AvgIpc) is 2.25. The molecule has 5 nitrogen and oxygen atoms in total. The quantitative estimate of drug-likeness (QED) is 0.796. The zero-order chi connectivity index (χ0) is 12.1. The lowest BCUT2D eigenvalue weighted by atomic mass is 10.2. The molecule has 0 aliphatic carbocycles. The molecule has 1 atom stereocenters. The number of hydrogen-bond donors (Lipinski definition) is 2. The first-order chi connectivity index (χ1) is 7.54. The summed E-state index contributed by atoms with van der Waals surface area (Å²) in [6.45, 7) is 1.63. The first-order valence-electron chi connectivity index (χ1n) is 4.68. The van der Waals surface area contributed by atoms with Crippen LogP contribution in [-0.4, -0.2) is 28.0 Å². The van der Waals surface area contributed by atoms with Crippen LogP contribution in [0.3, 0.4) is 0 Å². The molecule has 0 fully saturated rings. The van der Waals surface area contributed by atoms with Gasteiger partial charge in [-0.05, 0) is 12.5 Å². The molecule has 16 heavy (non-hydrogen) atoms. The number of aliphatic carboxylic acids is 1. The maximum absolute atomic E-state index is 12.7. The molecule has 0 spiro atoms. The minimum absolute atomic E-state index is 0.000278. The van der Waals surface area contributed by atoms with Crippen LogP contribution in [-0.2, 0) is 4.79 Å². The summed E-state index contributed by atoms with van der Waals surface area (Å²) in [4.78, 5) is 25.6. The molecule has 1 rings (SSSR count). The number of rotatable bonds is 4. The van der Waals surface area contributed by atoms with Crippen LogP contribution in [0, 0.1) is 5.82 Å². The van der Waals surface area contributed by atoms with E-state index in [1.54, 1.807) is 6.92 Å². The van der Waals surface area contributed by atoms with Gasteiger partial charge in [0.25, 0.3) is 5.91 Å². The van der Waals surface area contributed by atoms with Gasteiger partial charge in [-0.25, -0.2) is 9.18 Å². The van der Waals surface area contributed by atoms with Gasteiger partial charge in [0.2, 0.25) is 0 Å². The van der Waals surface area contributed by atoms with E-state index in [2.05, 4.69) is 10.3 Å². The van der Waals surface area contributed by atoms with Crippen LogP contribution in [0.5, 0.6) is 0 Å². The zero-order valence-electron chi connectivity index (χ0n) is 8.61.